The number of para-hydroxylation sites is 1. The van der Waals surface area contributed by atoms with Crippen LogP contribution in [0.4, 0.5) is 0 Å². The number of hydrogen-bond acceptors (Lipinski definition) is 2. The predicted octanol–water partition coefficient (Wildman–Crippen LogP) is 5.34. The van der Waals surface area contributed by atoms with Gasteiger partial charge in [0.05, 0.1) is 0 Å². The van der Waals surface area contributed by atoms with E-state index < -0.39 is 0 Å². The normalized spacial score (nSPS) is 11.8. The van der Waals surface area contributed by atoms with Gasteiger partial charge in [-0.25, -0.2) is 0 Å². The lowest BCUT2D eigenvalue weighted by Crippen LogP contribution is -2.11. The van der Waals surface area contributed by atoms with Gasteiger partial charge in [-0.15, -0.1) is 12.4 Å². The number of benzene rings is 2. The second kappa shape index (κ2) is 8.71. The first-order chi connectivity index (χ1) is 9.65. The highest BCUT2D eigenvalue weighted by Crippen LogP contribution is 2.24. The maximum atomic E-state index is 6.21. The summed E-state index contributed by atoms with van der Waals surface area (Å²) in [6.07, 6.45) is 2.18. The Morgan fingerprint density at radius 1 is 0.857 bits per heavy atom. The highest BCUT2D eigenvalue weighted by atomic mass is 35.5. The van der Waals surface area contributed by atoms with Crippen LogP contribution in [0.3, 0.4) is 0 Å². The highest BCUT2D eigenvalue weighted by molar-refractivity contribution is 5.85. The molecule has 0 heterocycles. The van der Waals surface area contributed by atoms with Crippen LogP contribution in [0, 0.1) is 5.92 Å². The molecular weight excluding hydrogens is 282 g/mol. The first-order valence-corrected chi connectivity index (χ1v) is 7.23. The fourth-order valence-corrected chi connectivity index (χ4v) is 2.09. The van der Waals surface area contributed by atoms with Gasteiger partial charge in [0.25, 0.3) is 0 Å². The largest absolute Gasteiger partial charge is 0.457 e. The molecule has 21 heavy (non-hydrogen) atoms. The van der Waals surface area contributed by atoms with E-state index >= 15 is 0 Å². The summed E-state index contributed by atoms with van der Waals surface area (Å²) in [6, 6.07) is 18.0. The second-order valence-electron chi connectivity index (χ2n) is 5.56. The quantitative estimate of drug-likeness (QED) is 0.782. The van der Waals surface area contributed by atoms with E-state index in [-0.39, 0.29) is 18.4 Å². The van der Waals surface area contributed by atoms with E-state index in [0.29, 0.717) is 5.92 Å². The molecule has 0 fully saturated rings. The Balaban J connectivity index is 0.00000220. The van der Waals surface area contributed by atoms with Crippen LogP contribution >= 0.6 is 12.4 Å². The average Bonchev–Trinajstić information content (AvgIpc) is 2.46. The number of rotatable bonds is 6. The number of ether oxygens (including phenoxy) is 1. The van der Waals surface area contributed by atoms with E-state index in [0.717, 1.165) is 24.3 Å². The zero-order valence-corrected chi connectivity index (χ0v) is 13.5. The van der Waals surface area contributed by atoms with Gasteiger partial charge in [0.2, 0.25) is 0 Å². The Labute approximate surface area is 133 Å². The van der Waals surface area contributed by atoms with Crippen LogP contribution in [-0.2, 0) is 0 Å². The van der Waals surface area contributed by atoms with Crippen molar-refractivity contribution in [2.24, 2.45) is 11.7 Å². The zero-order chi connectivity index (χ0) is 14.4. The van der Waals surface area contributed by atoms with Gasteiger partial charge in [0.15, 0.2) is 0 Å². The maximum Gasteiger partial charge on any atom is 0.127 e. The molecule has 0 unspecified atom stereocenters. The van der Waals surface area contributed by atoms with Gasteiger partial charge in [-0.3, -0.25) is 0 Å². The van der Waals surface area contributed by atoms with Gasteiger partial charge >= 0.3 is 0 Å². The van der Waals surface area contributed by atoms with Crippen molar-refractivity contribution in [3.8, 4) is 11.5 Å². The molecule has 2 nitrogen and oxygen atoms in total. The lowest BCUT2D eigenvalue weighted by atomic mass is 9.98. The van der Waals surface area contributed by atoms with E-state index in [1.807, 2.05) is 42.5 Å². The SMILES string of the molecule is CC(C)CC[C@H](N)c1ccc(Oc2ccccc2)cc1.Cl. The summed E-state index contributed by atoms with van der Waals surface area (Å²) in [6.45, 7) is 4.45. The Hall–Kier alpha value is -1.51. The average molecular weight is 306 g/mol. The summed E-state index contributed by atoms with van der Waals surface area (Å²) in [7, 11) is 0. The third-order valence-electron chi connectivity index (χ3n) is 3.34. The van der Waals surface area contributed by atoms with Crippen molar-refractivity contribution in [3.63, 3.8) is 0 Å². The minimum absolute atomic E-state index is 0. The topological polar surface area (TPSA) is 35.2 Å². The summed E-state index contributed by atoms with van der Waals surface area (Å²) in [5.74, 6) is 2.39. The van der Waals surface area contributed by atoms with Gasteiger partial charge in [0.1, 0.15) is 11.5 Å². The molecule has 0 aliphatic carbocycles. The van der Waals surface area contributed by atoms with Crippen LogP contribution in [0.1, 0.15) is 38.3 Å². The highest BCUT2D eigenvalue weighted by Gasteiger charge is 2.07. The molecule has 0 aromatic heterocycles. The lowest BCUT2D eigenvalue weighted by Gasteiger charge is -2.14. The van der Waals surface area contributed by atoms with E-state index in [1.54, 1.807) is 0 Å². The predicted molar refractivity (Wildman–Crippen MR) is 91.2 cm³/mol. The van der Waals surface area contributed by atoms with Crippen molar-refractivity contribution in [2.75, 3.05) is 0 Å². The molecule has 0 saturated carbocycles. The summed E-state index contributed by atoms with van der Waals surface area (Å²) in [4.78, 5) is 0. The Morgan fingerprint density at radius 3 is 2.00 bits per heavy atom. The Morgan fingerprint density at radius 2 is 1.43 bits per heavy atom. The second-order valence-corrected chi connectivity index (χ2v) is 5.56. The molecule has 114 valence electrons. The van der Waals surface area contributed by atoms with Crippen molar-refractivity contribution in [3.05, 3.63) is 60.2 Å². The molecule has 0 bridgehead atoms. The fraction of sp³-hybridized carbons (Fsp3) is 0.333. The van der Waals surface area contributed by atoms with Gasteiger partial charge < -0.3 is 10.5 Å². The lowest BCUT2D eigenvalue weighted by molar-refractivity contribution is 0.481. The molecule has 0 radical (unpaired) electrons. The first kappa shape index (κ1) is 17.5. The summed E-state index contributed by atoms with van der Waals surface area (Å²) < 4.78 is 5.77. The molecule has 2 rings (SSSR count). The number of hydrogen-bond donors (Lipinski definition) is 1. The van der Waals surface area contributed by atoms with E-state index in [1.165, 1.54) is 5.56 Å². The summed E-state index contributed by atoms with van der Waals surface area (Å²) >= 11 is 0. The minimum Gasteiger partial charge on any atom is -0.457 e. The van der Waals surface area contributed by atoms with Crippen molar-refractivity contribution in [1.29, 1.82) is 0 Å². The molecule has 2 aromatic carbocycles. The molecule has 2 N–H and O–H groups in total. The molecule has 0 aliphatic heterocycles. The molecule has 0 spiro atoms. The van der Waals surface area contributed by atoms with Crippen molar-refractivity contribution < 1.29 is 4.74 Å². The van der Waals surface area contributed by atoms with Gasteiger partial charge in [-0.2, -0.15) is 0 Å². The molecule has 0 amide bonds. The van der Waals surface area contributed by atoms with Crippen LogP contribution in [0.25, 0.3) is 0 Å². The molecule has 0 saturated heterocycles. The molecule has 0 aliphatic rings. The van der Waals surface area contributed by atoms with Crippen LogP contribution < -0.4 is 10.5 Å². The number of halogens is 1. The Kier molecular flexibility index (Phi) is 7.27. The molecule has 1 atom stereocenters. The molecule has 3 heteroatoms. The molecule has 2 aromatic rings. The zero-order valence-electron chi connectivity index (χ0n) is 12.7. The van der Waals surface area contributed by atoms with Gasteiger partial charge in [-0.05, 0) is 48.6 Å². The first-order valence-electron chi connectivity index (χ1n) is 7.23. The van der Waals surface area contributed by atoms with Crippen molar-refractivity contribution in [1.82, 2.24) is 0 Å². The van der Waals surface area contributed by atoms with Crippen molar-refractivity contribution in [2.45, 2.75) is 32.7 Å². The van der Waals surface area contributed by atoms with E-state index in [9.17, 15) is 0 Å². The van der Waals surface area contributed by atoms with Crippen LogP contribution in [-0.4, -0.2) is 0 Å². The van der Waals surface area contributed by atoms with Gasteiger partial charge in [-0.1, -0.05) is 44.2 Å². The van der Waals surface area contributed by atoms with Crippen LogP contribution in [0.2, 0.25) is 0 Å². The van der Waals surface area contributed by atoms with Gasteiger partial charge in [0, 0.05) is 6.04 Å². The number of nitrogens with two attached hydrogens (primary N) is 1. The van der Waals surface area contributed by atoms with Crippen LogP contribution in [0.5, 0.6) is 11.5 Å². The van der Waals surface area contributed by atoms with Crippen LogP contribution in [0.15, 0.2) is 54.6 Å². The standard InChI is InChI=1S/C18H23NO.ClH/c1-14(2)8-13-18(19)15-9-11-17(12-10-15)20-16-6-4-3-5-7-16;/h3-7,9-12,14,18H,8,13,19H2,1-2H3;1H/t18-;/m0./s1. The minimum atomic E-state index is 0. The Bertz CT molecular complexity index is 511. The van der Waals surface area contributed by atoms with Crippen molar-refractivity contribution >= 4 is 12.4 Å². The molecular formula is C18H24ClNO. The summed E-state index contributed by atoms with van der Waals surface area (Å²) in [5, 5.41) is 0. The smallest absolute Gasteiger partial charge is 0.127 e. The maximum absolute atomic E-state index is 6.21. The van der Waals surface area contributed by atoms with E-state index in [4.69, 9.17) is 10.5 Å². The monoisotopic (exact) mass is 305 g/mol. The third kappa shape index (κ3) is 5.78. The van der Waals surface area contributed by atoms with E-state index in [2.05, 4.69) is 26.0 Å². The summed E-state index contributed by atoms with van der Waals surface area (Å²) in [5.41, 5.74) is 7.38. The third-order valence-corrected chi connectivity index (χ3v) is 3.34. The fourth-order valence-electron chi connectivity index (χ4n) is 2.09.